The van der Waals surface area contributed by atoms with Crippen molar-refractivity contribution >= 4 is 0 Å². The summed E-state index contributed by atoms with van der Waals surface area (Å²) >= 11 is 0. The van der Waals surface area contributed by atoms with Gasteiger partial charge in [0.2, 0.25) is 0 Å². The van der Waals surface area contributed by atoms with Gasteiger partial charge in [-0.05, 0) is 18.8 Å². The molecule has 0 nitrogen and oxygen atoms in total. The van der Waals surface area contributed by atoms with Gasteiger partial charge in [-0.2, -0.15) is 0 Å². The normalized spacial score (nSPS) is 17.3. The summed E-state index contributed by atoms with van der Waals surface area (Å²) in [6.45, 7) is 6.10. The second-order valence-corrected chi connectivity index (χ2v) is 2.75. The first-order valence-electron chi connectivity index (χ1n) is 3.84. The Morgan fingerprint density at radius 2 is 1.78 bits per heavy atom. The monoisotopic (exact) mass is 132 g/mol. The topological polar surface area (TPSA) is 0 Å². The molecule has 0 aromatic heterocycles. The average Bonchev–Trinajstić information content (AvgIpc) is 1.87. The summed E-state index contributed by atoms with van der Waals surface area (Å²) < 4.78 is 12.6. The SMILES string of the molecule is CCC(F)C[C@@H](C)CC. The lowest BCUT2D eigenvalue weighted by molar-refractivity contribution is 0.265. The molecule has 1 heteroatoms. The summed E-state index contributed by atoms with van der Waals surface area (Å²) in [5, 5.41) is 0. The van der Waals surface area contributed by atoms with Gasteiger partial charge in [-0.15, -0.1) is 0 Å². The zero-order valence-electron chi connectivity index (χ0n) is 6.65. The molecule has 0 aliphatic carbocycles. The summed E-state index contributed by atoms with van der Waals surface area (Å²) in [4.78, 5) is 0. The van der Waals surface area contributed by atoms with E-state index in [-0.39, 0.29) is 0 Å². The summed E-state index contributed by atoms with van der Waals surface area (Å²) in [6, 6.07) is 0. The maximum absolute atomic E-state index is 12.6. The molecule has 2 atom stereocenters. The predicted octanol–water partition coefficient (Wildman–Crippen LogP) is 3.17. The molecule has 0 rings (SSSR count). The Hall–Kier alpha value is -0.0700. The Kier molecular flexibility index (Phi) is 4.74. The van der Waals surface area contributed by atoms with Crippen LogP contribution in [0.5, 0.6) is 0 Å². The lowest BCUT2D eigenvalue weighted by atomic mass is 10.0. The van der Waals surface area contributed by atoms with Crippen molar-refractivity contribution in [2.45, 2.75) is 46.2 Å². The fraction of sp³-hybridized carbons (Fsp3) is 1.00. The van der Waals surface area contributed by atoms with E-state index in [1.165, 1.54) is 0 Å². The molecule has 0 N–H and O–H groups in total. The third-order valence-corrected chi connectivity index (χ3v) is 1.80. The van der Waals surface area contributed by atoms with E-state index in [1.54, 1.807) is 0 Å². The van der Waals surface area contributed by atoms with Gasteiger partial charge in [0.05, 0.1) is 0 Å². The lowest BCUT2D eigenvalue weighted by Crippen LogP contribution is -2.04. The van der Waals surface area contributed by atoms with Crippen LogP contribution in [0.3, 0.4) is 0 Å². The van der Waals surface area contributed by atoms with E-state index < -0.39 is 6.17 Å². The van der Waals surface area contributed by atoms with Crippen LogP contribution in [0.2, 0.25) is 0 Å². The van der Waals surface area contributed by atoms with Crippen LogP contribution in [0, 0.1) is 5.92 Å². The summed E-state index contributed by atoms with van der Waals surface area (Å²) in [5.74, 6) is 0.556. The van der Waals surface area contributed by atoms with Crippen LogP contribution in [0.15, 0.2) is 0 Å². The minimum absolute atomic E-state index is 0.556. The zero-order valence-corrected chi connectivity index (χ0v) is 6.65. The maximum Gasteiger partial charge on any atom is 0.100 e. The molecule has 0 radical (unpaired) electrons. The molecule has 0 heterocycles. The van der Waals surface area contributed by atoms with E-state index in [0.717, 1.165) is 12.8 Å². The van der Waals surface area contributed by atoms with Crippen molar-refractivity contribution < 1.29 is 4.39 Å². The van der Waals surface area contributed by atoms with E-state index in [2.05, 4.69) is 13.8 Å². The summed E-state index contributed by atoms with van der Waals surface area (Å²) in [6.07, 6.45) is 1.94. The van der Waals surface area contributed by atoms with Gasteiger partial charge >= 0.3 is 0 Å². The van der Waals surface area contributed by atoms with E-state index in [0.29, 0.717) is 12.3 Å². The Morgan fingerprint density at radius 3 is 2.11 bits per heavy atom. The third-order valence-electron chi connectivity index (χ3n) is 1.80. The third kappa shape index (κ3) is 4.43. The molecule has 0 aliphatic heterocycles. The van der Waals surface area contributed by atoms with E-state index >= 15 is 0 Å². The molecule has 0 aromatic rings. The van der Waals surface area contributed by atoms with Crippen LogP contribution in [0.1, 0.15) is 40.0 Å². The van der Waals surface area contributed by atoms with Crippen LogP contribution in [0.25, 0.3) is 0 Å². The van der Waals surface area contributed by atoms with Crippen molar-refractivity contribution in [2.24, 2.45) is 5.92 Å². The minimum atomic E-state index is -0.569. The highest BCUT2D eigenvalue weighted by Gasteiger charge is 2.06. The molecule has 0 fully saturated rings. The summed E-state index contributed by atoms with van der Waals surface area (Å²) in [7, 11) is 0. The van der Waals surface area contributed by atoms with Crippen molar-refractivity contribution in [1.82, 2.24) is 0 Å². The highest BCUT2D eigenvalue weighted by atomic mass is 19.1. The van der Waals surface area contributed by atoms with Crippen molar-refractivity contribution in [2.75, 3.05) is 0 Å². The number of hydrogen-bond acceptors (Lipinski definition) is 0. The number of rotatable bonds is 4. The average molecular weight is 132 g/mol. The van der Waals surface area contributed by atoms with Gasteiger partial charge in [-0.1, -0.05) is 27.2 Å². The van der Waals surface area contributed by atoms with Crippen LogP contribution < -0.4 is 0 Å². The van der Waals surface area contributed by atoms with Crippen molar-refractivity contribution in [3.05, 3.63) is 0 Å². The van der Waals surface area contributed by atoms with Gasteiger partial charge in [-0.3, -0.25) is 0 Å². The van der Waals surface area contributed by atoms with Gasteiger partial charge in [0.25, 0.3) is 0 Å². The largest absolute Gasteiger partial charge is 0.247 e. The highest BCUT2D eigenvalue weighted by molar-refractivity contribution is 4.57. The number of alkyl halides is 1. The maximum atomic E-state index is 12.6. The van der Waals surface area contributed by atoms with Crippen molar-refractivity contribution in [1.29, 1.82) is 0 Å². The van der Waals surface area contributed by atoms with Gasteiger partial charge in [0.1, 0.15) is 6.17 Å². The number of hydrogen-bond donors (Lipinski definition) is 0. The Morgan fingerprint density at radius 1 is 1.22 bits per heavy atom. The van der Waals surface area contributed by atoms with Gasteiger partial charge in [0, 0.05) is 0 Å². The Labute approximate surface area is 57.5 Å². The van der Waals surface area contributed by atoms with Gasteiger partial charge < -0.3 is 0 Å². The highest BCUT2D eigenvalue weighted by Crippen LogP contribution is 2.13. The van der Waals surface area contributed by atoms with E-state index in [4.69, 9.17) is 0 Å². The number of halogens is 1. The Balaban J connectivity index is 3.22. The van der Waals surface area contributed by atoms with Crippen LogP contribution in [0.4, 0.5) is 4.39 Å². The fourth-order valence-corrected chi connectivity index (χ4v) is 0.770. The van der Waals surface area contributed by atoms with Crippen LogP contribution in [-0.4, -0.2) is 6.17 Å². The van der Waals surface area contributed by atoms with Gasteiger partial charge in [-0.25, -0.2) is 4.39 Å². The smallest absolute Gasteiger partial charge is 0.100 e. The quantitative estimate of drug-likeness (QED) is 0.551. The molecule has 0 amide bonds. The molecule has 9 heavy (non-hydrogen) atoms. The fourth-order valence-electron chi connectivity index (χ4n) is 0.770. The molecule has 56 valence electrons. The molecular formula is C8H17F. The van der Waals surface area contributed by atoms with Crippen molar-refractivity contribution in [3.8, 4) is 0 Å². The van der Waals surface area contributed by atoms with Crippen molar-refractivity contribution in [3.63, 3.8) is 0 Å². The minimum Gasteiger partial charge on any atom is -0.247 e. The molecule has 0 bridgehead atoms. The molecule has 0 aliphatic rings. The first-order valence-corrected chi connectivity index (χ1v) is 3.84. The zero-order chi connectivity index (χ0) is 7.28. The summed E-state index contributed by atoms with van der Waals surface area (Å²) in [5.41, 5.74) is 0. The first kappa shape index (κ1) is 8.93. The Bertz CT molecular complexity index is 53.6. The van der Waals surface area contributed by atoms with Crippen LogP contribution in [-0.2, 0) is 0 Å². The second-order valence-electron chi connectivity index (χ2n) is 2.75. The molecule has 0 saturated carbocycles. The standard InChI is InChI=1S/C8H17F/c1-4-7(3)6-8(9)5-2/h7-8H,4-6H2,1-3H3/t7-,8?/m0/s1. The first-order chi connectivity index (χ1) is 4.20. The molecule has 0 aromatic carbocycles. The second kappa shape index (κ2) is 4.78. The molecular weight excluding hydrogens is 115 g/mol. The molecule has 0 spiro atoms. The van der Waals surface area contributed by atoms with E-state index in [1.807, 2.05) is 6.92 Å². The predicted molar refractivity (Wildman–Crippen MR) is 39.3 cm³/mol. The van der Waals surface area contributed by atoms with Gasteiger partial charge in [0.15, 0.2) is 0 Å². The van der Waals surface area contributed by atoms with Crippen LogP contribution >= 0.6 is 0 Å². The molecule has 1 unspecified atom stereocenters. The lowest BCUT2D eigenvalue weighted by Gasteiger charge is -2.09. The molecule has 0 saturated heterocycles. The van der Waals surface area contributed by atoms with E-state index in [9.17, 15) is 4.39 Å².